The van der Waals surface area contributed by atoms with Crippen molar-refractivity contribution in [2.45, 2.75) is 39.8 Å². The Balaban J connectivity index is 2.04. The van der Waals surface area contributed by atoms with Crippen LogP contribution in [0.25, 0.3) is 0 Å². The van der Waals surface area contributed by atoms with Crippen molar-refractivity contribution in [2.24, 2.45) is 0 Å². The standard InChI is InChI=1S/C16H21N3O/c1-12-5-6-14(11-18-12)20-15-9-13(7-8-17-15)10-19-16(2,3)4/h5-9,11,19H,10H2,1-4H3. The molecule has 0 saturated heterocycles. The maximum atomic E-state index is 5.70. The number of rotatable bonds is 4. The molecular weight excluding hydrogens is 250 g/mol. The molecule has 0 unspecified atom stereocenters. The van der Waals surface area contributed by atoms with E-state index < -0.39 is 0 Å². The zero-order valence-corrected chi connectivity index (χ0v) is 12.5. The van der Waals surface area contributed by atoms with E-state index in [9.17, 15) is 0 Å². The smallest absolute Gasteiger partial charge is 0.219 e. The highest BCUT2D eigenvalue weighted by atomic mass is 16.5. The van der Waals surface area contributed by atoms with Gasteiger partial charge in [0.1, 0.15) is 5.75 Å². The van der Waals surface area contributed by atoms with Gasteiger partial charge in [0, 0.05) is 30.0 Å². The van der Waals surface area contributed by atoms with E-state index >= 15 is 0 Å². The summed E-state index contributed by atoms with van der Waals surface area (Å²) in [5.41, 5.74) is 2.20. The molecule has 2 rings (SSSR count). The summed E-state index contributed by atoms with van der Waals surface area (Å²) < 4.78 is 5.70. The molecule has 4 heteroatoms. The van der Waals surface area contributed by atoms with Crippen LogP contribution in [0.3, 0.4) is 0 Å². The second-order valence-electron chi connectivity index (χ2n) is 5.84. The number of hydrogen-bond donors (Lipinski definition) is 1. The van der Waals surface area contributed by atoms with Gasteiger partial charge in [0.05, 0.1) is 6.20 Å². The lowest BCUT2D eigenvalue weighted by molar-refractivity contribution is 0.421. The van der Waals surface area contributed by atoms with Crippen LogP contribution >= 0.6 is 0 Å². The molecule has 0 aliphatic carbocycles. The molecule has 0 radical (unpaired) electrons. The van der Waals surface area contributed by atoms with E-state index in [0.717, 1.165) is 17.8 Å². The third-order valence-electron chi connectivity index (χ3n) is 2.73. The maximum Gasteiger partial charge on any atom is 0.219 e. The normalized spacial score (nSPS) is 11.4. The van der Waals surface area contributed by atoms with Crippen molar-refractivity contribution in [3.05, 3.63) is 47.9 Å². The molecule has 2 heterocycles. The van der Waals surface area contributed by atoms with Crippen LogP contribution in [0, 0.1) is 6.92 Å². The summed E-state index contributed by atoms with van der Waals surface area (Å²) in [7, 11) is 0. The molecule has 106 valence electrons. The van der Waals surface area contributed by atoms with Gasteiger partial charge in [-0.25, -0.2) is 4.98 Å². The highest BCUT2D eigenvalue weighted by Crippen LogP contribution is 2.19. The van der Waals surface area contributed by atoms with Gasteiger partial charge in [0.15, 0.2) is 0 Å². The van der Waals surface area contributed by atoms with Crippen molar-refractivity contribution >= 4 is 0 Å². The molecule has 0 aliphatic heterocycles. The van der Waals surface area contributed by atoms with E-state index in [0.29, 0.717) is 11.6 Å². The van der Waals surface area contributed by atoms with E-state index in [1.165, 1.54) is 0 Å². The van der Waals surface area contributed by atoms with Crippen LogP contribution in [0.15, 0.2) is 36.7 Å². The minimum Gasteiger partial charge on any atom is -0.437 e. The number of aryl methyl sites for hydroxylation is 1. The Morgan fingerprint density at radius 1 is 1.15 bits per heavy atom. The number of nitrogens with one attached hydrogen (secondary N) is 1. The Hall–Kier alpha value is -1.94. The Morgan fingerprint density at radius 3 is 2.60 bits per heavy atom. The zero-order chi connectivity index (χ0) is 14.6. The third-order valence-corrected chi connectivity index (χ3v) is 2.73. The van der Waals surface area contributed by atoms with Gasteiger partial charge in [0.2, 0.25) is 5.88 Å². The summed E-state index contributed by atoms with van der Waals surface area (Å²) in [5.74, 6) is 1.29. The van der Waals surface area contributed by atoms with Crippen molar-refractivity contribution < 1.29 is 4.74 Å². The molecule has 0 saturated carbocycles. The highest BCUT2D eigenvalue weighted by Gasteiger charge is 2.09. The lowest BCUT2D eigenvalue weighted by Crippen LogP contribution is -2.35. The fourth-order valence-electron chi connectivity index (χ4n) is 1.62. The van der Waals surface area contributed by atoms with E-state index in [-0.39, 0.29) is 5.54 Å². The SMILES string of the molecule is Cc1ccc(Oc2cc(CNC(C)(C)C)ccn2)cn1. The van der Waals surface area contributed by atoms with E-state index in [4.69, 9.17) is 4.74 Å². The summed E-state index contributed by atoms with van der Waals surface area (Å²) in [6, 6.07) is 7.74. The molecule has 4 nitrogen and oxygen atoms in total. The Labute approximate surface area is 120 Å². The minimum absolute atomic E-state index is 0.0885. The molecule has 0 fully saturated rings. The Bertz CT molecular complexity index is 559. The summed E-state index contributed by atoms with van der Waals surface area (Å²) in [6.45, 7) is 9.16. The molecule has 0 amide bonds. The number of nitrogens with zero attached hydrogens (tertiary/aromatic N) is 2. The second kappa shape index (κ2) is 6.01. The topological polar surface area (TPSA) is 47.0 Å². The van der Waals surface area contributed by atoms with E-state index in [1.807, 2.05) is 31.2 Å². The van der Waals surface area contributed by atoms with Crippen LogP contribution in [0.2, 0.25) is 0 Å². The Kier molecular flexibility index (Phi) is 4.35. The van der Waals surface area contributed by atoms with Gasteiger partial charge >= 0.3 is 0 Å². The summed E-state index contributed by atoms with van der Waals surface area (Å²) >= 11 is 0. The first-order valence-corrected chi connectivity index (χ1v) is 6.73. The van der Waals surface area contributed by atoms with Gasteiger partial charge in [-0.05, 0) is 51.5 Å². The van der Waals surface area contributed by atoms with Gasteiger partial charge < -0.3 is 10.1 Å². The average Bonchev–Trinajstić information content (AvgIpc) is 2.39. The van der Waals surface area contributed by atoms with Crippen molar-refractivity contribution in [1.82, 2.24) is 15.3 Å². The Morgan fingerprint density at radius 2 is 1.95 bits per heavy atom. The van der Waals surface area contributed by atoms with Gasteiger partial charge in [-0.15, -0.1) is 0 Å². The molecule has 0 atom stereocenters. The second-order valence-corrected chi connectivity index (χ2v) is 5.84. The quantitative estimate of drug-likeness (QED) is 0.925. The predicted octanol–water partition coefficient (Wildman–Crippen LogP) is 3.47. The molecule has 1 N–H and O–H groups in total. The fraction of sp³-hybridized carbons (Fsp3) is 0.375. The molecule has 0 spiro atoms. The minimum atomic E-state index is 0.0885. The van der Waals surface area contributed by atoms with Crippen molar-refractivity contribution in [3.8, 4) is 11.6 Å². The van der Waals surface area contributed by atoms with Crippen LogP contribution < -0.4 is 10.1 Å². The number of aromatic nitrogens is 2. The van der Waals surface area contributed by atoms with Crippen molar-refractivity contribution in [1.29, 1.82) is 0 Å². The predicted molar refractivity (Wildman–Crippen MR) is 79.9 cm³/mol. The van der Waals surface area contributed by atoms with Crippen LogP contribution in [0.1, 0.15) is 32.0 Å². The molecule has 2 aromatic heterocycles. The molecule has 0 bridgehead atoms. The zero-order valence-electron chi connectivity index (χ0n) is 12.5. The summed E-state index contributed by atoms with van der Waals surface area (Å²) in [6.07, 6.45) is 3.47. The van der Waals surface area contributed by atoms with Crippen LogP contribution in [-0.2, 0) is 6.54 Å². The first-order chi connectivity index (χ1) is 9.42. The summed E-state index contributed by atoms with van der Waals surface area (Å²) in [4.78, 5) is 8.42. The average molecular weight is 271 g/mol. The van der Waals surface area contributed by atoms with Crippen LogP contribution in [-0.4, -0.2) is 15.5 Å². The van der Waals surface area contributed by atoms with Crippen LogP contribution in [0.5, 0.6) is 11.6 Å². The van der Waals surface area contributed by atoms with Crippen LogP contribution in [0.4, 0.5) is 0 Å². The summed E-state index contributed by atoms with van der Waals surface area (Å²) in [5, 5.41) is 3.44. The van der Waals surface area contributed by atoms with Gasteiger partial charge in [-0.1, -0.05) is 0 Å². The molecular formula is C16H21N3O. The van der Waals surface area contributed by atoms with Gasteiger partial charge in [-0.3, -0.25) is 4.98 Å². The lowest BCUT2D eigenvalue weighted by Gasteiger charge is -2.20. The molecule has 0 aliphatic rings. The van der Waals surface area contributed by atoms with Crippen molar-refractivity contribution in [2.75, 3.05) is 0 Å². The maximum absolute atomic E-state index is 5.70. The molecule has 2 aromatic rings. The third kappa shape index (κ3) is 4.63. The number of ether oxygens (including phenoxy) is 1. The molecule has 20 heavy (non-hydrogen) atoms. The number of pyridine rings is 2. The number of hydrogen-bond acceptors (Lipinski definition) is 4. The highest BCUT2D eigenvalue weighted by molar-refractivity contribution is 5.27. The van der Waals surface area contributed by atoms with E-state index in [2.05, 4.69) is 36.1 Å². The van der Waals surface area contributed by atoms with Crippen molar-refractivity contribution in [3.63, 3.8) is 0 Å². The fourth-order valence-corrected chi connectivity index (χ4v) is 1.62. The monoisotopic (exact) mass is 271 g/mol. The van der Waals surface area contributed by atoms with Gasteiger partial charge in [-0.2, -0.15) is 0 Å². The largest absolute Gasteiger partial charge is 0.437 e. The molecule has 0 aromatic carbocycles. The van der Waals surface area contributed by atoms with E-state index in [1.54, 1.807) is 12.4 Å². The first-order valence-electron chi connectivity index (χ1n) is 6.73. The van der Waals surface area contributed by atoms with Gasteiger partial charge in [0.25, 0.3) is 0 Å². The first kappa shape index (κ1) is 14.5. The lowest BCUT2D eigenvalue weighted by atomic mass is 10.1.